The van der Waals surface area contributed by atoms with E-state index in [1.807, 2.05) is 24.0 Å². The summed E-state index contributed by atoms with van der Waals surface area (Å²) in [5.74, 6) is 1.14. The molecule has 1 heterocycles. The van der Waals surface area contributed by atoms with Gasteiger partial charge < -0.3 is 5.32 Å². The molecule has 0 spiro atoms. The Morgan fingerprint density at radius 3 is 2.89 bits per heavy atom. The molecule has 2 nitrogen and oxygen atoms in total. The van der Waals surface area contributed by atoms with Gasteiger partial charge in [-0.15, -0.1) is 0 Å². The molecule has 0 bridgehead atoms. The number of aromatic nitrogens is 1. The van der Waals surface area contributed by atoms with Crippen LogP contribution in [0.5, 0.6) is 0 Å². The van der Waals surface area contributed by atoms with Crippen molar-refractivity contribution in [2.24, 2.45) is 0 Å². The van der Waals surface area contributed by atoms with Crippen molar-refractivity contribution in [2.45, 2.75) is 19.4 Å². The summed E-state index contributed by atoms with van der Waals surface area (Å²) in [7, 11) is 0. The molecule has 0 saturated carbocycles. The summed E-state index contributed by atoms with van der Waals surface area (Å²) in [4.78, 5) is 4.42. The highest BCUT2D eigenvalue weighted by molar-refractivity contribution is 7.98. The number of hydrogen-bond donors (Lipinski definition) is 1. The Balaban J connectivity index is 2.24. The summed E-state index contributed by atoms with van der Waals surface area (Å²) in [5.41, 5.74) is 2.48. The molecule has 1 N–H and O–H groups in total. The fourth-order valence-electron chi connectivity index (χ4n) is 2.28. The molecule has 1 aromatic carbocycles. The Morgan fingerprint density at radius 2 is 2.11 bits per heavy atom. The van der Waals surface area contributed by atoms with Crippen molar-refractivity contribution in [3.63, 3.8) is 0 Å². The van der Waals surface area contributed by atoms with Gasteiger partial charge in [-0.1, -0.05) is 25.1 Å². The van der Waals surface area contributed by atoms with Crippen LogP contribution in [0.4, 0.5) is 0 Å². The van der Waals surface area contributed by atoms with Gasteiger partial charge in [0.05, 0.1) is 5.52 Å². The van der Waals surface area contributed by atoms with Crippen LogP contribution in [0.3, 0.4) is 0 Å². The standard InChI is InChI=1S/C15H20N2S/c1-3-16-13(11-18-2)10-12-8-9-17-15-7-5-4-6-14(12)15/h4-9,13,16H,3,10-11H2,1-2H3. The van der Waals surface area contributed by atoms with Crippen LogP contribution in [0.15, 0.2) is 36.5 Å². The van der Waals surface area contributed by atoms with Gasteiger partial charge in [0.1, 0.15) is 0 Å². The zero-order valence-electron chi connectivity index (χ0n) is 11.0. The van der Waals surface area contributed by atoms with Gasteiger partial charge >= 0.3 is 0 Å². The van der Waals surface area contributed by atoms with Gasteiger partial charge in [-0.05, 0) is 36.9 Å². The van der Waals surface area contributed by atoms with Crippen molar-refractivity contribution in [2.75, 3.05) is 18.6 Å². The third-order valence-electron chi connectivity index (χ3n) is 3.07. The molecule has 1 unspecified atom stereocenters. The molecule has 0 fully saturated rings. The number of benzene rings is 1. The summed E-state index contributed by atoms with van der Waals surface area (Å²) in [6.45, 7) is 3.19. The van der Waals surface area contributed by atoms with Crippen molar-refractivity contribution in [3.8, 4) is 0 Å². The van der Waals surface area contributed by atoms with Crippen molar-refractivity contribution >= 4 is 22.7 Å². The number of thioether (sulfide) groups is 1. The summed E-state index contributed by atoms with van der Waals surface area (Å²) < 4.78 is 0. The first-order valence-electron chi connectivity index (χ1n) is 6.40. The zero-order chi connectivity index (χ0) is 12.8. The fraction of sp³-hybridized carbons (Fsp3) is 0.400. The zero-order valence-corrected chi connectivity index (χ0v) is 11.8. The Hall–Kier alpha value is -1.06. The molecule has 96 valence electrons. The van der Waals surface area contributed by atoms with Crippen LogP contribution in [0.25, 0.3) is 10.9 Å². The maximum Gasteiger partial charge on any atom is 0.0704 e. The molecule has 0 amide bonds. The van der Waals surface area contributed by atoms with Crippen molar-refractivity contribution in [1.82, 2.24) is 10.3 Å². The predicted molar refractivity (Wildman–Crippen MR) is 81.3 cm³/mol. The normalized spacial score (nSPS) is 12.8. The monoisotopic (exact) mass is 260 g/mol. The van der Waals surface area contributed by atoms with Crippen molar-refractivity contribution in [3.05, 3.63) is 42.1 Å². The second-order valence-electron chi connectivity index (χ2n) is 4.40. The first-order valence-corrected chi connectivity index (χ1v) is 7.79. The molecule has 0 radical (unpaired) electrons. The number of hydrogen-bond acceptors (Lipinski definition) is 3. The Kier molecular flexibility index (Phi) is 5.02. The summed E-state index contributed by atoms with van der Waals surface area (Å²) in [5, 5.41) is 4.84. The molecule has 2 aromatic rings. The molecule has 0 aliphatic carbocycles. The average Bonchev–Trinajstić information content (AvgIpc) is 2.40. The van der Waals surface area contributed by atoms with Gasteiger partial charge in [0, 0.05) is 23.4 Å². The third kappa shape index (κ3) is 3.24. The van der Waals surface area contributed by atoms with E-state index in [2.05, 4.69) is 47.7 Å². The van der Waals surface area contributed by atoms with E-state index < -0.39 is 0 Å². The largest absolute Gasteiger partial charge is 0.313 e. The van der Waals surface area contributed by atoms with Gasteiger partial charge in [-0.3, -0.25) is 4.98 Å². The van der Waals surface area contributed by atoms with E-state index in [0.29, 0.717) is 6.04 Å². The van der Waals surface area contributed by atoms with E-state index in [9.17, 15) is 0 Å². The lowest BCUT2D eigenvalue weighted by Gasteiger charge is -2.17. The molecule has 0 aliphatic rings. The van der Waals surface area contributed by atoms with Crippen LogP contribution in [0.2, 0.25) is 0 Å². The topological polar surface area (TPSA) is 24.9 Å². The minimum atomic E-state index is 0.538. The van der Waals surface area contributed by atoms with Gasteiger partial charge in [0.25, 0.3) is 0 Å². The number of likely N-dealkylation sites (N-methyl/N-ethyl adjacent to an activating group) is 1. The van der Waals surface area contributed by atoms with Crippen molar-refractivity contribution in [1.29, 1.82) is 0 Å². The molecule has 0 aliphatic heterocycles. The van der Waals surface area contributed by atoms with Crippen LogP contribution < -0.4 is 5.32 Å². The minimum Gasteiger partial charge on any atom is -0.313 e. The number of nitrogens with zero attached hydrogens (tertiary/aromatic N) is 1. The highest BCUT2D eigenvalue weighted by atomic mass is 32.2. The Labute approximate surface area is 113 Å². The van der Waals surface area contributed by atoms with E-state index in [0.717, 1.165) is 24.2 Å². The first-order chi connectivity index (χ1) is 8.85. The highest BCUT2D eigenvalue weighted by Crippen LogP contribution is 2.18. The molecular weight excluding hydrogens is 240 g/mol. The molecule has 1 aromatic heterocycles. The molecular formula is C15H20N2S. The third-order valence-corrected chi connectivity index (χ3v) is 3.80. The summed E-state index contributed by atoms with van der Waals surface area (Å²) in [6.07, 6.45) is 5.15. The number of nitrogens with one attached hydrogen (secondary N) is 1. The molecule has 3 heteroatoms. The number of rotatable bonds is 6. The quantitative estimate of drug-likeness (QED) is 0.864. The van der Waals surface area contributed by atoms with E-state index >= 15 is 0 Å². The van der Waals surface area contributed by atoms with Gasteiger partial charge in [-0.2, -0.15) is 11.8 Å². The lowest BCUT2D eigenvalue weighted by molar-refractivity contribution is 0.574. The Bertz CT molecular complexity index is 487. The first kappa shape index (κ1) is 13.4. The summed E-state index contributed by atoms with van der Waals surface area (Å²) in [6, 6.07) is 11.1. The SMILES string of the molecule is CCNC(CSC)Cc1ccnc2ccccc12. The maximum absolute atomic E-state index is 4.42. The summed E-state index contributed by atoms with van der Waals surface area (Å²) >= 11 is 1.90. The van der Waals surface area contributed by atoms with Crippen LogP contribution in [0, 0.1) is 0 Å². The van der Waals surface area contributed by atoms with Gasteiger partial charge in [0.2, 0.25) is 0 Å². The molecule has 0 saturated heterocycles. The molecule has 2 rings (SSSR count). The van der Waals surface area contributed by atoms with E-state index in [1.165, 1.54) is 10.9 Å². The second-order valence-corrected chi connectivity index (χ2v) is 5.31. The van der Waals surface area contributed by atoms with Gasteiger partial charge in [0.15, 0.2) is 0 Å². The smallest absolute Gasteiger partial charge is 0.0704 e. The van der Waals surface area contributed by atoms with Crippen LogP contribution >= 0.6 is 11.8 Å². The van der Waals surface area contributed by atoms with Gasteiger partial charge in [-0.25, -0.2) is 0 Å². The lowest BCUT2D eigenvalue weighted by Crippen LogP contribution is -2.33. The predicted octanol–water partition coefficient (Wildman–Crippen LogP) is 3.12. The lowest BCUT2D eigenvalue weighted by atomic mass is 10.0. The highest BCUT2D eigenvalue weighted by Gasteiger charge is 2.10. The maximum atomic E-state index is 4.42. The minimum absolute atomic E-state index is 0.538. The van der Waals surface area contributed by atoms with Crippen LogP contribution in [-0.4, -0.2) is 29.6 Å². The van der Waals surface area contributed by atoms with E-state index in [-0.39, 0.29) is 0 Å². The molecule has 18 heavy (non-hydrogen) atoms. The Morgan fingerprint density at radius 1 is 1.28 bits per heavy atom. The number of para-hydroxylation sites is 1. The van der Waals surface area contributed by atoms with Crippen LogP contribution in [-0.2, 0) is 6.42 Å². The van der Waals surface area contributed by atoms with Crippen LogP contribution in [0.1, 0.15) is 12.5 Å². The molecule has 1 atom stereocenters. The number of fused-ring (bicyclic) bond motifs is 1. The number of pyridine rings is 1. The van der Waals surface area contributed by atoms with Crippen molar-refractivity contribution < 1.29 is 0 Å². The fourth-order valence-corrected chi connectivity index (χ4v) is 2.92. The average molecular weight is 260 g/mol. The second kappa shape index (κ2) is 6.76. The van der Waals surface area contributed by atoms with E-state index in [4.69, 9.17) is 0 Å². The van der Waals surface area contributed by atoms with E-state index in [1.54, 1.807) is 0 Å².